The van der Waals surface area contributed by atoms with E-state index in [0.717, 1.165) is 46.3 Å². The first-order valence-corrected chi connectivity index (χ1v) is 11.3. The molecular weight excluding hydrogens is 388 g/mol. The quantitative estimate of drug-likeness (QED) is 0.486. The molecule has 1 aliphatic carbocycles. The van der Waals surface area contributed by atoms with Crippen molar-refractivity contribution in [3.8, 4) is 0 Å². The smallest absolute Gasteiger partial charge is 0.259 e. The highest BCUT2D eigenvalue weighted by atomic mass is 32.2. The summed E-state index contributed by atoms with van der Waals surface area (Å²) < 4.78 is 0. The van der Waals surface area contributed by atoms with Gasteiger partial charge in [-0.2, -0.15) is 0 Å². The second kappa shape index (κ2) is 7.72. The summed E-state index contributed by atoms with van der Waals surface area (Å²) in [7, 11) is 0. The molecule has 0 amide bonds. The Morgan fingerprint density at radius 3 is 3.07 bits per heavy atom. The van der Waals surface area contributed by atoms with Crippen molar-refractivity contribution >= 4 is 44.2 Å². The lowest BCUT2D eigenvalue weighted by Crippen LogP contribution is -2.15. The number of aryl methyl sites for hydroxylation is 3. The molecule has 3 N–H and O–H groups in total. The van der Waals surface area contributed by atoms with Crippen molar-refractivity contribution in [2.75, 3.05) is 0 Å². The molecule has 28 heavy (non-hydrogen) atoms. The highest BCUT2D eigenvalue weighted by Gasteiger charge is 2.23. The molecule has 7 heteroatoms. The van der Waals surface area contributed by atoms with E-state index in [1.807, 2.05) is 26.0 Å². The summed E-state index contributed by atoms with van der Waals surface area (Å²) in [5.41, 5.74) is 10.4. The molecule has 0 radical (unpaired) electrons. The maximum absolute atomic E-state index is 12.7. The van der Waals surface area contributed by atoms with E-state index in [1.54, 1.807) is 11.3 Å². The molecule has 146 valence electrons. The van der Waals surface area contributed by atoms with Crippen LogP contribution in [0.4, 0.5) is 5.69 Å². The molecule has 4 rings (SSSR count). The van der Waals surface area contributed by atoms with Gasteiger partial charge < -0.3 is 10.7 Å². The third kappa shape index (κ3) is 3.86. The van der Waals surface area contributed by atoms with Gasteiger partial charge >= 0.3 is 0 Å². The molecule has 0 saturated heterocycles. The van der Waals surface area contributed by atoms with Crippen molar-refractivity contribution < 1.29 is 0 Å². The van der Waals surface area contributed by atoms with E-state index in [0.29, 0.717) is 22.7 Å². The zero-order chi connectivity index (χ0) is 19.8. The van der Waals surface area contributed by atoms with Crippen LogP contribution in [0.1, 0.15) is 40.7 Å². The van der Waals surface area contributed by atoms with Crippen LogP contribution in [-0.2, 0) is 18.6 Å². The van der Waals surface area contributed by atoms with Gasteiger partial charge in [-0.3, -0.25) is 4.79 Å². The molecule has 0 fully saturated rings. The number of H-pyrrole nitrogens is 1. The summed E-state index contributed by atoms with van der Waals surface area (Å²) in [5, 5.41) is 1.26. The maximum atomic E-state index is 12.7. The van der Waals surface area contributed by atoms with Gasteiger partial charge in [-0.15, -0.1) is 11.3 Å². The molecule has 5 nitrogen and oxygen atoms in total. The van der Waals surface area contributed by atoms with Gasteiger partial charge in [0, 0.05) is 4.88 Å². The van der Waals surface area contributed by atoms with Gasteiger partial charge in [-0.05, 0) is 61.8 Å². The Morgan fingerprint density at radius 1 is 1.43 bits per heavy atom. The highest BCUT2D eigenvalue weighted by Crippen LogP contribution is 2.35. The standard InChI is InChI=1S/C21H24N4OS2/c1-11-4-6-13(3)15(8-11)23-21(22)27-10-17-24-19(26)18-14-7-5-12(2)9-16(14)28-20(18)25-17/h4,6,8,12H,5,7,9-10H2,1-3H3,(H2,22,23)(H,24,25,26)/t12-/m1/s1. The summed E-state index contributed by atoms with van der Waals surface area (Å²) in [6.07, 6.45) is 3.17. The summed E-state index contributed by atoms with van der Waals surface area (Å²) in [6, 6.07) is 6.12. The Bertz CT molecular complexity index is 1130. The molecule has 0 saturated carbocycles. The Morgan fingerprint density at radius 2 is 2.25 bits per heavy atom. The van der Waals surface area contributed by atoms with Gasteiger partial charge in [-0.1, -0.05) is 30.8 Å². The van der Waals surface area contributed by atoms with Crippen LogP contribution in [0.3, 0.4) is 0 Å². The Kier molecular flexibility index (Phi) is 5.29. The first kappa shape index (κ1) is 19.2. The number of aromatic nitrogens is 2. The number of aliphatic imine (C=N–C) groups is 1. The molecule has 1 aromatic carbocycles. The lowest BCUT2D eigenvalue weighted by molar-refractivity contribution is 0.509. The number of hydrogen-bond acceptors (Lipinski definition) is 5. The number of rotatable bonds is 3. The van der Waals surface area contributed by atoms with Crippen LogP contribution in [0, 0.1) is 19.8 Å². The zero-order valence-corrected chi connectivity index (χ0v) is 18.0. The average Bonchev–Trinajstić information content (AvgIpc) is 3.00. The Hall–Kier alpha value is -2.12. The molecule has 1 aliphatic rings. The second-order valence-electron chi connectivity index (χ2n) is 7.57. The third-order valence-electron chi connectivity index (χ3n) is 5.17. The summed E-state index contributed by atoms with van der Waals surface area (Å²) in [4.78, 5) is 27.0. The number of nitrogens with zero attached hydrogens (tertiary/aromatic N) is 2. The maximum Gasteiger partial charge on any atom is 0.259 e. The first-order valence-electron chi connectivity index (χ1n) is 9.48. The van der Waals surface area contributed by atoms with Gasteiger partial charge in [0.2, 0.25) is 0 Å². The number of aromatic amines is 1. The summed E-state index contributed by atoms with van der Waals surface area (Å²) >= 11 is 3.06. The van der Waals surface area contributed by atoms with E-state index < -0.39 is 0 Å². The second-order valence-corrected chi connectivity index (χ2v) is 9.65. The Labute approximate surface area is 172 Å². The van der Waals surface area contributed by atoms with Gasteiger partial charge in [-0.25, -0.2) is 9.98 Å². The van der Waals surface area contributed by atoms with Gasteiger partial charge in [0.05, 0.1) is 16.8 Å². The zero-order valence-electron chi connectivity index (χ0n) is 16.3. The summed E-state index contributed by atoms with van der Waals surface area (Å²) in [6.45, 7) is 6.32. The molecule has 1 atom stereocenters. The molecular formula is C21H24N4OS2. The van der Waals surface area contributed by atoms with Gasteiger partial charge in [0.15, 0.2) is 5.17 Å². The van der Waals surface area contributed by atoms with Crippen molar-refractivity contribution in [1.82, 2.24) is 9.97 Å². The molecule has 0 aliphatic heterocycles. The third-order valence-corrected chi connectivity index (χ3v) is 7.12. The van der Waals surface area contributed by atoms with E-state index in [-0.39, 0.29) is 5.56 Å². The molecule has 0 unspecified atom stereocenters. The summed E-state index contributed by atoms with van der Waals surface area (Å²) in [5.74, 6) is 1.81. The van der Waals surface area contributed by atoms with E-state index in [2.05, 4.69) is 23.0 Å². The van der Waals surface area contributed by atoms with Crippen molar-refractivity contribution in [2.24, 2.45) is 16.6 Å². The van der Waals surface area contributed by atoms with E-state index >= 15 is 0 Å². The molecule has 2 aromatic heterocycles. The molecule has 0 bridgehead atoms. The fourth-order valence-corrected chi connectivity index (χ4v) is 5.58. The number of benzene rings is 1. The minimum absolute atomic E-state index is 0.0299. The first-order chi connectivity index (χ1) is 13.4. The van der Waals surface area contributed by atoms with E-state index in [9.17, 15) is 4.79 Å². The van der Waals surface area contributed by atoms with E-state index in [1.165, 1.54) is 22.2 Å². The van der Waals surface area contributed by atoms with Crippen LogP contribution in [0.5, 0.6) is 0 Å². The SMILES string of the molecule is Cc1ccc(C)c(N=C(N)SCc2nc3sc4c(c3c(=O)[nH]2)CC[C@@H](C)C4)c1. The van der Waals surface area contributed by atoms with Crippen molar-refractivity contribution in [3.63, 3.8) is 0 Å². The van der Waals surface area contributed by atoms with Crippen LogP contribution in [0.2, 0.25) is 0 Å². The normalized spacial score (nSPS) is 17.1. The lowest BCUT2D eigenvalue weighted by atomic mass is 9.89. The van der Waals surface area contributed by atoms with Gasteiger partial charge in [0.1, 0.15) is 10.7 Å². The average molecular weight is 413 g/mol. The van der Waals surface area contributed by atoms with E-state index in [4.69, 9.17) is 10.7 Å². The predicted molar refractivity (Wildman–Crippen MR) is 120 cm³/mol. The van der Waals surface area contributed by atoms with Crippen LogP contribution in [0.25, 0.3) is 10.2 Å². The van der Waals surface area contributed by atoms with Gasteiger partial charge in [0.25, 0.3) is 5.56 Å². The fraction of sp³-hybridized carbons (Fsp3) is 0.381. The van der Waals surface area contributed by atoms with Crippen LogP contribution in [0.15, 0.2) is 28.0 Å². The van der Waals surface area contributed by atoms with Crippen molar-refractivity contribution in [2.45, 2.75) is 45.8 Å². The largest absolute Gasteiger partial charge is 0.378 e. The van der Waals surface area contributed by atoms with Crippen molar-refractivity contribution in [1.29, 1.82) is 0 Å². The predicted octanol–water partition coefficient (Wildman–Crippen LogP) is 4.61. The van der Waals surface area contributed by atoms with Crippen LogP contribution >= 0.6 is 23.1 Å². The van der Waals surface area contributed by atoms with Crippen molar-refractivity contribution in [3.05, 3.63) is 55.9 Å². The fourth-order valence-electron chi connectivity index (χ4n) is 3.59. The van der Waals surface area contributed by atoms with Crippen LogP contribution in [-0.4, -0.2) is 15.1 Å². The number of fused-ring (bicyclic) bond motifs is 3. The highest BCUT2D eigenvalue weighted by molar-refractivity contribution is 8.13. The Balaban J connectivity index is 1.56. The number of nitrogens with one attached hydrogen (secondary N) is 1. The number of thioether (sulfide) groups is 1. The number of nitrogens with two attached hydrogens (primary N) is 1. The molecule has 2 heterocycles. The van der Waals surface area contributed by atoms with Crippen LogP contribution < -0.4 is 11.3 Å². The number of hydrogen-bond donors (Lipinski definition) is 2. The lowest BCUT2D eigenvalue weighted by Gasteiger charge is -2.17. The minimum atomic E-state index is -0.0299. The number of amidine groups is 1. The minimum Gasteiger partial charge on any atom is -0.378 e. The monoisotopic (exact) mass is 412 g/mol. The molecule has 0 spiro atoms. The molecule has 3 aromatic rings. The number of thiophene rings is 1. The topological polar surface area (TPSA) is 84.1 Å².